The normalized spacial score (nSPS) is 24.9. The fraction of sp³-hybridized carbons (Fsp3) is 0.647. The molecule has 2 atom stereocenters. The number of nitrogens with two attached hydrogens (primary N) is 1. The van der Waals surface area contributed by atoms with E-state index in [4.69, 9.17) is 5.73 Å². The predicted octanol–water partition coefficient (Wildman–Crippen LogP) is 3.16. The molecule has 2 N–H and O–H groups in total. The van der Waals surface area contributed by atoms with Crippen LogP contribution in [-0.2, 0) is 6.42 Å². The van der Waals surface area contributed by atoms with Crippen LogP contribution in [0.3, 0.4) is 0 Å². The lowest BCUT2D eigenvalue weighted by atomic mass is 9.98. The van der Waals surface area contributed by atoms with Crippen LogP contribution < -0.4 is 5.73 Å². The SMILES string of the molecule is CC(C)c1ccc(CCN2CC[C@@H](N)C[C@@H]2C)cc1. The summed E-state index contributed by atoms with van der Waals surface area (Å²) in [4.78, 5) is 2.58. The van der Waals surface area contributed by atoms with Crippen LogP contribution in [-0.4, -0.2) is 30.1 Å². The molecular weight excluding hydrogens is 232 g/mol. The number of hydrogen-bond donors (Lipinski definition) is 1. The van der Waals surface area contributed by atoms with E-state index in [0.29, 0.717) is 18.0 Å². The maximum atomic E-state index is 6.01. The number of rotatable bonds is 4. The molecule has 1 aliphatic rings. The molecule has 1 aromatic carbocycles. The van der Waals surface area contributed by atoms with Crippen LogP contribution in [0, 0.1) is 0 Å². The monoisotopic (exact) mass is 260 g/mol. The first-order valence-electron chi connectivity index (χ1n) is 7.64. The Labute approximate surface area is 118 Å². The van der Waals surface area contributed by atoms with Gasteiger partial charge in [0.25, 0.3) is 0 Å². The van der Waals surface area contributed by atoms with Gasteiger partial charge in [-0.2, -0.15) is 0 Å². The highest BCUT2D eigenvalue weighted by Crippen LogP contribution is 2.18. The molecule has 2 heteroatoms. The van der Waals surface area contributed by atoms with Gasteiger partial charge < -0.3 is 10.6 Å². The number of benzene rings is 1. The lowest BCUT2D eigenvalue weighted by Crippen LogP contribution is -2.46. The van der Waals surface area contributed by atoms with Crippen LogP contribution in [0.4, 0.5) is 0 Å². The molecule has 0 saturated carbocycles. The molecule has 1 saturated heterocycles. The Bertz CT molecular complexity index is 383. The maximum Gasteiger partial charge on any atom is 0.00818 e. The molecule has 0 aromatic heterocycles. The van der Waals surface area contributed by atoms with Crippen molar-refractivity contribution in [3.63, 3.8) is 0 Å². The molecule has 0 radical (unpaired) electrons. The van der Waals surface area contributed by atoms with E-state index in [0.717, 1.165) is 32.4 Å². The van der Waals surface area contributed by atoms with Crippen molar-refractivity contribution < 1.29 is 0 Å². The van der Waals surface area contributed by atoms with Crippen LogP contribution in [0.25, 0.3) is 0 Å². The highest BCUT2D eigenvalue weighted by molar-refractivity contribution is 5.24. The molecule has 1 heterocycles. The Kier molecular flexibility index (Phi) is 5.00. The van der Waals surface area contributed by atoms with Crippen LogP contribution >= 0.6 is 0 Å². The summed E-state index contributed by atoms with van der Waals surface area (Å²) in [6.45, 7) is 9.11. The zero-order chi connectivity index (χ0) is 13.8. The first-order chi connectivity index (χ1) is 9.06. The lowest BCUT2D eigenvalue weighted by molar-refractivity contribution is 0.149. The summed E-state index contributed by atoms with van der Waals surface area (Å²) in [6.07, 6.45) is 3.45. The van der Waals surface area contributed by atoms with E-state index in [-0.39, 0.29) is 0 Å². The van der Waals surface area contributed by atoms with E-state index in [1.807, 2.05) is 0 Å². The molecule has 1 aromatic rings. The maximum absolute atomic E-state index is 6.01. The molecule has 0 spiro atoms. The lowest BCUT2D eigenvalue weighted by Gasteiger charge is -2.36. The van der Waals surface area contributed by atoms with Crippen molar-refractivity contribution >= 4 is 0 Å². The molecule has 0 amide bonds. The van der Waals surface area contributed by atoms with Gasteiger partial charge in [-0.15, -0.1) is 0 Å². The van der Waals surface area contributed by atoms with E-state index >= 15 is 0 Å². The van der Waals surface area contributed by atoms with Gasteiger partial charge in [-0.25, -0.2) is 0 Å². The summed E-state index contributed by atoms with van der Waals surface area (Å²) in [6, 6.07) is 10.2. The van der Waals surface area contributed by atoms with Crippen molar-refractivity contribution in [2.45, 2.75) is 58.0 Å². The summed E-state index contributed by atoms with van der Waals surface area (Å²) in [7, 11) is 0. The average Bonchev–Trinajstić information content (AvgIpc) is 2.38. The fourth-order valence-electron chi connectivity index (χ4n) is 2.93. The van der Waals surface area contributed by atoms with Gasteiger partial charge in [0.05, 0.1) is 0 Å². The van der Waals surface area contributed by atoms with Gasteiger partial charge in [-0.1, -0.05) is 38.1 Å². The average molecular weight is 260 g/mol. The number of nitrogens with zero attached hydrogens (tertiary/aromatic N) is 1. The van der Waals surface area contributed by atoms with Crippen molar-refractivity contribution in [2.24, 2.45) is 5.73 Å². The third kappa shape index (κ3) is 4.05. The van der Waals surface area contributed by atoms with Gasteiger partial charge in [0.1, 0.15) is 0 Å². The van der Waals surface area contributed by atoms with Crippen molar-refractivity contribution in [1.29, 1.82) is 0 Å². The molecule has 2 rings (SSSR count). The van der Waals surface area contributed by atoms with Crippen LogP contribution in [0.15, 0.2) is 24.3 Å². The Morgan fingerprint density at radius 1 is 1.26 bits per heavy atom. The van der Waals surface area contributed by atoms with E-state index in [1.165, 1.54) is 11.1 Å². The minimum absolute atomic E-state index is 0.413. The minimum Gasteiger partial charge on any atom is -0.328 e. The molecule has 1 aliphatic heterocycles. The predicted molar refractivity (Wildman–Crippen MR) is 82.5 cm³/mol. The Morgan fingerprint density at radius 3 is 2.53 bits per heavy atom. The van der Waals surface area contributed by atoms with E-state index in [9.17, 15) is 0 Å². The largest absolute Gasteiger partial charge is 0.328 e. The molecule has 1 fully saturated rings. The second-order valence-electron chi connectivity index (χ2n) is 6.32. The smallest absolute Gasteiger partial charge is 0.00818 e. The molecule has 19 heavy (non-hydrogen) atoms. The quantitative estimate of drug-likeness (QED) is 0.901. The van der Waals surface area contributed by atoms with Gasteiger partial charge in [-0.3, -0.25) is 0 Å². The second kappa shape index (κ2) is 6.53. The zero-order valence-corrected chi connectivity index (χ0v) is 12.6. The zero-order valence-electron chi connectivity index (χ0n) is 12.6. The molecule has 0 aliphatic carbocycles. The summed E-state index contributed by atoms with van der Waals surface area (Å²) in [5.74, 6) is 0.623. The van der Waals surface area contributed by atoms with Crippen LogP contribution in [0.1, 0.15) is 50.7 Å². The molecule has 0 unspecified atom stereocenters. The molecular formula is C17H28N2. The van der Waals surface area contributed by atoms with Gasteiger partial charge in [0.15, 0.2) is 0 Å². The van der Waals surface area contributed by atoms with Crippen LogP contribution in [0.2, 0.25) is 0 Å². The topological polar surface area (TPSA) is 29.3 Å². The van der Waals surface area contributed by atoms with Crippen LogP contribution in [0.5, 0.6) is 0 Å². The Balaban J connectivity index is 1.85. The summed E-state index contributed by atoms with van der Waals surface area (Å²) < 4.78 is 0. The van der Waals surface area contributed by atoms with Gasteiger partial charge >= 0.3 is 0 Å². The van der Waals surface area contributed by atoms with Gasteiger partial charge in [-0.05, 0) is 49.8 Å². The van der Waals surface area contributed by atoms with E-state index < -0.39 is 0 Å². The standard InChI is InChI=1S/C17H28N2/c1-13(2)16-6-4-15(5-7-16)8-10-19-11-9-17(18)12-14(19)3/h4-7,13-14,17H,8-12,18H2,1-3H3/t14-,17+/m0/s1. The van der Waals surface area contributed by atoms with Crippen molar-refractivity contribution in [2.75, 3.05) is 13.1 Å². The van der Waals surface area contributed by atoms with Gasteiger partial charge in [0.2, 0.25) is 0 Å². The Hall–Kier alpha value is -0.860. The third-order valence-electron chi connectivity index (χ3n) is 4.39. The summed E-state index contributed by atoms with van der Waals surface area (Å²) in [5, 5.41) is 0. The number of piperidine rings is 1. The number of hydrogen-bond acceptors (Lipinski definition) is 2. The molecule has 106 valence electrons. The Morgan fingerprint density at radius 2 is 1.95 bits per heavy atom. The summed E-state index contributed by atoms with van der Waals surface area (Å²) >= 11 is 0. The first kappa shape index (κ1) is 14.5. The van der Waals surface area contributed by atoms with Crippen molar-refractivity contribution in [3.8, 4) is 0 Å². The van der Waals surface area contributed by atoms with E-state index in [1.54, 1.807) is 0 Å². The third-order valence-corrected chi connectivity index (χ3v) is 4.39. The number of likely N-dealkylation sites (tertiary alicyclic amines) is 1. The molecule has 2 nitrogen and oxygen atoms in total. The highest BCUT2D eigenvalue weighted by Gasteiger charge is 2.22. The summed E-state index contributed by atoms with van der Waals surface area (Å²) in [5.41, 5.74) is 8.89. The van der Waals surface area contributed by atoms with Crippen molar-refractivity contribution in [3.05, 3.63) is 35.4 Å². The molecule has 0 bridgehead atoms. The first-order valence-corrected chi connectivity index (χ1v) is 7.64. The minimum atomic E-state index is 0.413. The second-order valence-corrected chi connectivity index (χ2v) is 6.32. The van der Waals surface area contributed by atoms with Crippen molar-refractivity contribution in [1.82, 2.24) is 4.90 Å². The van der Waals surface area contributed by atoms with E-state index in [2.05, 4.69) is 49.9 Å². The highest BCUT2D eigenvalue weighted by atomic mass is 15.2. The fourth-order valence-corrected chi connectivity index (χ4v) is 2.93. The van der Waals surface area contributed by atoms with Gasteiger partial charge in [0, 0.05) is 18.6 Å².